The first-order chi connectivity index (χ1) is 4.81. The molecule has 2 heteroatoms. The fraction of sp³-hybridized carbons (Fsp3) is 0.625. The van der Waals surface area contributed by atoms with E-state index < -0.39 is 0 Å². The molecule has 10 heavy (non-hydrogen) atoms. The van der Waals surface area contributed by atoms with E-state index in [1.165, 1.54) is 6.26 Å². The average Bonchev–Trinajstić information content (AvgIpc) is 1.98. The maximum Gasteiger partial charge on any atom is 0.0976 e. The SMILES string of the molecule is CCCCOC=C(C)C#N. The Kier molecular flexibility index (Phi) is 5.56. The summed E-state index contributed by atoms with van der Waals surface area (Å²) in [6, 6.07) is 1.98. The van der Waals surface area contributed by atoms with Crippen molar-refractivity contribution in [2.45, 2.75) is 26.7 Å². The van der Waals surface area contributed by atoms with Crippen LogP contribution < -0.4 is 0 Å². The van der Waals surface area contributed by atoms with Crippen LogP contribution in [-0.2, 0) is 4.74 Å². The second kappa shape index (κ2) is 6.15. The summed E-state index contributed by atoms with van der Waals surface area (Å²) in [6.45, 7) is 4.55. The first kappa shape index (κ1) is 9.03. The van der Waals surface area contributed by atoms with Crippen LogP contribution in [0.1, 0.15) is 26.7 Å². The van der Waals surface area contributed by atoms with Crippen LogP contribution in [0.2, 0.25) is 0 Å². The second-order valence-corrected chi connectivity index (χ2v) is 2.14. The highest BCUT2D eigenvalue weighted by Crippen LogP contribution is 1.92. The molecule has 0 spiro atoms. The molecule has 0 unspecified atom stereocenters. The van der Waals surface area contributed by atoms with E-state index in [-0.39, 0.29) is 0 Å². The third kappa shape index (κ3) is 5.17. The van der Waals surface area contributed by atoms with E-state index >= 15 is 0 Å². The van der Waals surface area contributed by atoms with E-state index in [1.807, 2.05) is 6.07 Å². The van der Waals surface area contributed by atoms with E-state index in [0.717, 1.165) is 19.4 Å². The number of allylic oxidation sites excluding steroid dienone is 1. The Labute approximate surface area is 62.1 Å². The molecule has 0 aromatic carbocycles. The third-order valence-electron chi connectivity index (χ3n) is 1.05. The molecule has 0 aromatic heterocycles. The summed E-state index contributed by atoms with van der Waals surface area (Å²) in [5.74, 6) is 0. The number of ether oxygens (including phenoxy) is 1. The van der Waals surface area contributed by atoms with E-state index in [2.05, 4.69) is 6.92 Å². The fourth-order valence-corrected chi connectivity index (χ4v) is 0.438. The normalized spacial score (nSPS) is 10.7. The summed E-state index contributed by atoms with van der Waals surface area (Å²) in [6.07, 6.45) is 3.68. The van der Waals surface area contributed by atoms with Gasteiger partial charge < -0.3 is 4.74 Å². The highest BCUT2D eigenvalue weighted by Gasteiger charge is 1.83. The quantitative estimate of drug-likeness (QED) is 0.340. The molecule has 0 saturated carbocycles. The van der Waals surface area contributed by atoms with Gasteiger partial charge in [0.05, 0.1) is 24.5 Å². The standard InChI is InChI=1S/C8H13NO/c1-3-4-5-10-7-8(2)6-9/h7H,3-5H2,1-2H3. The van der Waals surface area contributed by atoms with Crippen molar-refractivity contribution in [2.24, 2.45) is 0 Å². The lowest BCUT2D eigenvalue weighted by Crippen LogP contribution is -1.86. The van der Waals surface area contributed by atoms with Gasteiger partial charge >= 0.3 is 0 Å². The van der Waals surface area contributed by atoms with Gasteiger partial charge in [-0.1, -0.05) is 13.3 Å². The van der Waals surface area contributed by atoms with E-state index in [4.69, 9.17) is 10.00 Å². The number of nitriles is 1. The van der Waals surface area contributed by atoms with Crippen LogP contribution in [0.4, 0.5) is 0 Å². The molecule has 0 aromatic rings. The summed E-state index contributed by atoms with van der Waals surface area (Å²) < 4.78 is 5.04. The molecule has 0 N–H and O–H groups in total. The summed E-state index contributed by atoms with van der Waals surface area (Å²) >= 11 is 0. The van der Waals surface area contributed by atoms with Gasteiger partial charge in [0.25, 0.3) is 0 Å². The maximum absolute atomic E-state index is 8.29. The maximum atomic E-state index is 8.29. The van der Waals surface area contributed by atoms with Crippen molar-refractivity contribution in [3.8, 4) is 6.07 Å². The molecule has 0 fully saturated rings. The predicted molar refractivity (Wildman–Crippen MR) is 40.2 cm³/mol. The zero-order chi connectivity index (χ0) is 7.82. The molecule has 0 rings (SSSR count). The predicted octanol–water partition coefficient (Wildman–Crippen LogP) is 2.23. The summed E-state index contributed by atoms with van der Waals surface area (Å²) in [5.41, 5.74) is 0.621. The molecular formula is C8H13NO. The van der Waals surface area contributed by atoms with Gasteiger partial charge in [0.2, 0.25) is 0 Å². The minimum Gasteiger partial charge on any atom is -0.500 e. The fourth-order valence-electron chi connectivity index (χ4n) is 0.438. The summed E-state index contributed by atoms with van der Waals surface area (Å²) in [7, 11) is 0. The van der Waals surface area contributed by atoms with Gasteiger partial charge in [-0.05, 0) is 13.3 Å². The van der Waals surface area contributed by atoms with Gasteiger partial charge in [-0.15, -0.1) is 0 Å². The molecular weight excluding hydrogens is 126 g/mol. The minimum absolute atomic E-state index is 0.621. The third-order valence-corrected chi connectivity index (χ3v) is 1.05. The number of hydrogen-bond donors (Lipinski definition) is 0. The Bertz CT molecular complexity index is 144. The number of nitrogens with zero attached hydrogens (tertiary/aromatic N) is 1. The topological polar surface area (TPSA) is 33.0 Å². The van der Waals surface area contributed by atoms with Crippen molar-refractivity contribution in [1.29, 1.82) is 5.26 Å². The minimum atomic E-state index is 0.621. The van der Waals surface area contributed by atoms with Crippen LogP contribution in [0.15, 0.2) is 11.8 Å². The van der Waals surface area contributed by atoms with Crippen molar-refractivity contribution < 1.29 is 4.74 Å². The molecule has 0 bridgehead atoms. The van der Waals surface area contributed by atoms with Crippen LogP contribution in [0.5, 0.6) is 0 Å². The van der Waals surface area contributed by atoms with Crippen molar-refractivity contribution in [3.63, 3.8) is 0 Å². The average molecular weight is 139 g/mol. The van der Waals surface area contributed by atoms with Crippen molar-refractivity contribution in [3.05, 3.63) is 11.8 Å². The monoisotopic (exact) mass is 139 g/mol. The molecule has 2 nitrogen and oxygen atoms in total. The Balaban J connectivity index is 3.27. The second-order valence-electron chi connectivity index (χ2n) is 2.14. The van der Waals surface area contributed by atoms with Gasteiger partial charge in [0.1, 0.15) is 0 Å². The lowest BCUT2D eigenvalue weighted by atomic mass is 10.3. The zero-order valence-electron chi connectivity index (χ0n) is 6.55. The van der Waals surface area contributed by atoms with Crippen LogP contribution in [0.3, 0.4) is 0 Å². The van der Waals surface area contributed by atoms with Crippen molar-refractivity contribution in [2.75, 3.05) is 6.61 Å². The highest BCUT2D eigenvalue weighted by atomic mass is 16.5. The summed E-state index contributed by atoms with van der Waals surface area (Å²) in [5, 5.41) is 8.29. The Morgan fingerprint density at radius 2 is 2.40 bits per heavy atom. The molecule has 56 valence electrons. The van der Waals surface area contributed by atoms with Gasteiger partial charge in [-0.25, -0.2) is 0 Å². The molecule has 0 aliphatic carbocycles. The van der Waals surface area contributed by atoms with E-state index in [0.29, 0.717) is 5.57 Å². The van der Waals surface area contributed by atoms with Crippen molar-refractivity contribution in [1.82, 2.24) is 0 Å². The molecule has 0 atom stereocenters. The van der Waals surface area contributed by atoms with Gasteiger partial charge in [0, 0.05) is 0 Å². The Morgan fingerprint density at radius 1 is 1.70 bits per heavy atom. The zero-order valence-corrected chi connectivity index (χ0v) is 6.55. The lowest BCUT2D eigenvalue weighted by molar-refractivity contribution is 0.242. The van der Waals surface area contributed by atoms with Crippen LogP contribution in [0, 0.1) is 11.3 Å². The highest BCUT2D eigenvalue weighted by molar-refractivity contribution is 5.14. The molecule has 0 heterocycles. The van der Waals surface area contributed by atoms with E-state index in [1.54, 1.807) is 6.92 Å². The van der Waals surface area contributed by atoms with Crippen LogP contribution in [0.25, 0.3) is 0 Å². The molecule has 0 aliphatic rings. The number of rotatable bonds is 4. The van der Waals surface area contributed by atoms with Crippen LogP contribution in [-0.4, -0.2) is 6.61 Å². The summed E-state index contributed by atoms with van der Waals surface area (Å²) in [4.78, 5) is 0. The van der Waals surface area contributed by atoms with Gasteiger partial charge in [-0.3, -0.25) is 0 Å². The molecule has 0 aliphatic heterocycles. The van der Waals surface area contributed by atoms with Crippen LogP contribution >= 0.6 is 0 Å². The first-order valence-electron chi connectivity index (χ1n) is 3.49. The number of unbranched alkanes of at least 4 members (excludes halogenated alkanes) is 1. The molecule has 0 radical (unpaired) electrons. The van der Waals surface area contributed by atoms with Gasteiger partial charge in [-0.2, -0.15) is 5.26 Å². The Hall–Kier alpha value is -0.970. The molecule has 0 amide bonds. The lowest BCUT2D eigenvalue weighted by Gasteiger charge is -1.96. The smallest absolute Gasteiger partial charge is 0.0976 e. The first-order valence-corrected chi connectivity index (χ1v) is 3.49. The van der Waals surface area contributed by atoms with E-state index in [9.17, 15) is 0 Å². The van der Waals surface area contributed by atoms with Crippen molar-refractivity contribution >= 4 is 0 Å². The Morgan fingerprint density at radius 3 is 2.90 bits per heavy atom. The van der Waals surface area contributed by atoms with Gasteiger partial charge in [0.15, 0.2) is 0 Å². The molecule has 0 saturated heterocycles. The largest absolute Gasteiger partial charge is 0.500 e. The number of hydrogen-bond acceptors (Lipinski definition) is 2.